The van der Waals surface area contributed by atoms with Crippen LogP contribution in [0.2, 0.25) is 0 Å². The van der Waals surface area contributed by atoms with Crippen LogP contribution in [0.25, 0.3) is 6.08 Å². The quantitative estimate of drug-likeness (QED) is 0.664. The van der Waals surface area contributed by atoms with Crippen molar-refractivity contribution in [1.82, 2.24) is 5.48 Å². The van der Waals surface area contributed by atoms with Gasteiger partial charge in [0.1, 0.15) is 0 Å². The molecule has 2 atom stereocenters. The van der Waals surface area contributed by atoms with Crippen LogP contribution in [0.15, 0.2) is 78.5 Å². The molecule has 0 amide bonds. The molecule has 2 heteroatoms. The van der Waals surface area contributed by atoms with Gasteiger partial charge in [0.15, 0.2) is 5.75 Å². The average Bonchev–Trinajstić information content (AvgIpc) is 3.28. The standard InChI is InChI=1S/C25H21NO/c1-4-10-20-17(7-1)13-14-25(20)21-11-5-2-8-18(21)15-22(25)23-16-19-9-3-6-12-24(19)27-26-23/h1-12,16,22,26H,13-15H2. The minimum Gasteiger partial charge on any atom is -0.382 e. The first kappa shape index (κ1) is 15.1. The summed E-state index contributed by atoms with van der Waals surface area (Å²) in [6.45, 7) is 0. The molecule has 27 heavy (non-hydrogen) atoms. The Morgan fingerprint density at radius 1 is 0.815 bits per heavy atom. The van der Waals surface area contributed by atoms with Crippen LogP contribution in [0.4, 0.5) is 0 Å². The first-order valence-electron chi connectivity index (χ1n) is 9.76. The molecule has 132 valence electrons. The van der Waals surface area contributed by atoms with Crippen molar-refractivity contribution in [2.24, 2.45) is 5.92 Å². The highest BCUT2D eigenvalue weighted by atomic mass is 16.6. The fraction of sp³-hybridized carbons (Fsp3) is 0.200. The minimum atomic E-state index is 0.0433. The van der Waals surface area contributed by atoms with Crippen LogP contribution in [0.5, 0.6) is 5.75 Å². The van der Waals surface area contributed by atoms with E-state index in [1.54, 1.807) is 0 Å². The fourth-order valence-electron chi connectivity index (χ4n) is 5.55. The van der Waals surface area contributed by atoms with E-state index >= 15 is 0 Å². The fourth-order valence-corrected chi connectivity index (χ4v) is 5.55. The molecule has 2 nitrogen and oxygen atoms in total. The Balaban J connectivity index is 1.56. The van der Waals surface area contributed by atoms with E-state index in [0.29, 0.717) is 5.92 Å². The highest BCUT2D eigenvalue weighted by molar-refractivity contribution is 5.65. The van der Waals surface area contributed by atoms with Crippen LogP contribution in [-0.2, 0) is 18.3 Å². The van der Waals surface area contributed by atoms with Crippen LogP contribution in [0.3, 0.4) is 0 Å². The molecular weight excluding hydrogens is 330 g/mol. The Hall–Kier alpha value is -3.00. The maximum absolute atomic E-state index is 5.92. The van der Waals surface area contributed by atoms with Crippen molar-refractivity contribution in [1.29, 1.82) is 0 Å². The summed E-state index contributed by atoms with van der Waals surface area (Å²) in [4.78, 5) is 5.92. The van der Waals surface area contributed by atoms with Gasteiger partial charge in [0, 0.05) is 16.9 Å². The van der Waals surface area contributed by atoms with E-state index in [-0.39, 0.29) is 5.41 Å². The van der Waals surface area contributed by atoms with Crippen molar-refractivity contribution >= 4 is 6.08 Å². The third-order valence-electron chi connectivity index (χ3n) is 6.69. The molecule has 0 aromatic heterocycles. The van der Waals surface area contributed by atoms with E-state index in [1.807, 2.05) is 12.1 Å². The van der Waals surface area contributed by atoms with Gasteiger partial charge in [-0.05, 0) is 53.7 Å². The molecular formula is C25H21NO. The second-order valence-corrected chi connectivity index (χ2v) is 7.88. The van der Waals surface area contributed by atoms with Crippen LogP contribution in [0.1, 0.15) is 34.2 Å². The zero-order valence-corrected chi connectivity index (χ0v) is 15.1. The van der Waals surface area contributed by atoms with E-state index in [2.05, 4.69) is 72.2 Å². The van der Waals surface area contributed by atoms with Crippen LogP contribution >= 0.6 is 0 Å². The first-order valence-corrected chi connectivity index (χ1v) is 9.76. The molecule has 0 fully saturated rings. The lowest BCUT2D eigenvalue weighted by Crippen LogP contribution is -2.38. The van der Waals surface area contributed by atoms with Crippen LogP contribution in [-0.4, -0.2) is 0 Å². The summed E-state index contributed by atoms with van der Waals surface area (Å²) >= 11 is 0. The predicted molar refractivity (Wildman–Crippen MR) is 107 cm³/mol. The zero-order chi connectivity index (χ0) is 17.8. The molecule has 2 unspecified atom stereocenters. The third-order valence-corrected chi connectivity index (χ3v) is 6.69. The number of para-hydroxylation sites is 1. The monoisotopic (exact) mass is 351 g/mol. The van der Waals surface area contributed by atoms with Gasteiger partial charge in [-0.1, -0.05) is 66.7 Å². The largest absolute Gasteiger partial charge is 0.382 e. The summed E-state index contributed by atoms with van der Waals surface area (Å²) in [5.74, 6) is 1.27. The summed E-state index contributed by atoms with van der Waals surface area (Å²) < 4.78 is 0. The molecule has 0 saturated heterocycles. The van der Waals surface area contributed by atoms with Gasteiger partial charge < -0.3 is 4.84 Å². The van der Waals surface area contributed by atoms with E-state index in [0.717, 1.165) is 30.6 Å². The first-order chi connectivity index (χ1) is 13.4. The van der Waals surface area contributed by atoms with Gasteiger partial charge in [0.05, 0.1) is 5.70 Å². The molecule has 0 saturated carbocycles. The molecule has 6 rings (SSSR count). The lowest BCUT2D eigenvalue weighted by molar-refractivity contribution is 0.196. The van der Waals surface area contributed by atoms with Gasteiger partial charge >= 0.3 is 0 Å². The SMILES string of the molecule is C1=C(C2Cc3ccccc3C23CCc2ccccc23)NOc2ccccc21. The number of benzene rings is 3. The van der Waals surface area contributed by atoms with E-state index < -0.39 is 0 Å². The highest BCUT2D eigenvalue weighted by Crippen LogP contribution is 2.57. The van der Waals surface area contributed by atoms with E-state index in [1.165, 1.54) is 28.0 Å². The van der Waals surface area contributed by atoms with Gasteiger partial charge in [-0.3, -0.25) is 0 Å². The second kappa shape index (κ2) is 5.50. The summed E-state index contributed by atoms with van der Waals surface area (Å²) in [7, 11) is 0. The number of hydroxylamine groups is 1. The Morgan fingerprint density at radius 2 is 1.52 bits per heavy atom. The minimum absolute atomic E-state index is 0.0433. The van der Waals surface area contributed by atoms with Crippen LogP contribution < -0.4 is 10.3 Å². The zero-order valence-electron chi connectivity index (χ0n) is 15.1. The molecule has 1 aliphatic heterocycles. The summed E-state index contributed by atoms with van der Waals surface area (Å²) in [5.41, 5.74) is 11.7. The molecule has 3 aliphatic rings. The predicted octanol–water partition coefficient (Wildman–Crippen LogP) is 5.03. The number of hydrogen-bond acceptors (Lipinski definition) is 2. The smallest absolute Gasteiger partial charge is 0.162 e. The number of aryl methyl sites for hydroxylation is 1. The molecule has 2 aliphatic carbocycles. The Bertz CT molecular complexity index is 1070. The molecule has 3 aromatic rings. The normalized spacial score (nSPS) is 24.4. The topological polar surface area (TPSA) is 21.3 Å². The average molecular weight is 351 g/mol. The third kappa shape index (κ3) is 2.01. The molecule has 1 spiro atoms. The summed E-state index contributed by atoms with van der Waals surface area (Å²) in [6, 6.07) is 26.3. The Kier molecular flexibility index (Phi) is 3.07. The second-order valence-electron chi connectivity index (χ2n) is 7.88. The van der Waals surface area contributed by atoms with Gasteiger partial charge in [0.2, 0.25) is 0 Å². The Morgan fingerprint density at radius 3 is 2.41 bits per heavy atom. The number of nitrogens with one attached hydrogen (secondary N) is 1. The molecule has 0 radical (unpaired) electrons. The summed E-state index contributed by atoms with van der Waals surface area (Å²) in [5, 5.41) is 0. The molecule has 0 bridgehead atoms. The van der Waals surface area contributed by atoms with Crippen molar-refractivity contribution in [3.63, 3.8) is 0 Å². The van der Waals surface area contributed by atoms with Crippen molar-refractivity contribution in [3.8, 4) is 5.75 Å². The Labute approximate surface area is 159 Å². The van der Waals surface area contributed by atoms with Crippen molar-refractivity contribution < 1.29 is 4.84 Å². The van der Waals surface area contributed by atoms with Crippen molar-refractivity contribution in [2.45, 2.75) is 24.7 Å². The molecule has 3 aromatic carbocycles. The number of hydrogen-bond donors (Lipinski definition) is 1. The maximum Gasteiger partial charge on any atom is 0.162 e. The highest BCUT2D eigenvalue weighted by Gasteiger charge is 2.52. The molecule has 1 N–H and O–H groups in total. The van der Waals surface area contributed by atoms with Crippen LogP contribution in [0, 0.1) is 5.92 Å². The molecule has 1 heterocycles. The van der Waals surface area contributed by atoms with Crippen molar-refractivity contribution in [3.05, 3.63) is 106 Å². The van der Waals surface area contributed by atoms with Gasteiger partial charge in [-0.25, -0.2) is 5.48 Å². The lowest BCUT2D eigenvalue weighted by Gasteiger charge is -2.36. The van der Waals surface area contributed by atoms with E-state index in [9.17, 15) is 0 Å². The van der Waals surface area contributed by atoms with Crippen molar-refractivity contribution in [2.75, 3.05) is 0 Å². The van der Waals surface area contributed by atoms with E-state index in [4.69, 9.17) is 4.84 Å². The van der Waals surface area contributed by atoms with Gasteiger partial charge in [-0.2, -0.15) is 0 Å². The number of rotatable bonds is 1. The van der Waals surface area contributed by atoms with Gasteiger partial charge in [0.25, 0.3) is 0 Å². The summed E-state index contributed by atoms with van der Waals surface area (Å²) in [6.07, 6.45) is 5.65. The lowest BCUT2D eigenvalue weighted by atomic mass is 9.69. The maximum atomic E-state index is 5.92. The number of allylic oxidation sites excluding steroid dienone is 1. The number of fused-ring (bicyclic) bond motifs is 5. The van der Waals surface area contributed by atoms with Gasteiger partial charge in [-0.15, -0.1) is 0 Å².